The summed E-state index contributed by atoms with van der Waals surface area (Å²) in [7, 11) is 0. The van der Waals surface area contributed by atoms with Gasteiger partial charge in [-0.05, 0) is 31.9 Å². The van der Waals surface area contributed by atoms with Gasteiger partial charge in [0.05, 0.1) is 0 Å². The van der Waals surface area contributed by atoms with E-state index in [9.17, 15) is 0 Å². The van der Waals surface area contributed by atoms with Crippen LogP contribution in [0.2, 0.25) is 0 Å². The fourth-order valence-electron chi connectivity index (χ4n) is 1.26. The number of hydrogen-bond acceptors (Lipinski definition) is 1. The number of rotatable bonds is 2. The van der Waals surface area contributed by atoms with E-state index in [-0.39, 0.29) is 6.04 Å². The van der Waals surface area contributed by atoms with E-state index in [1.807, 2.05) is 52.8 Å². The average Bonchev–Trinajstić information content (AvgIpc) is 2.42. The number of benzene rings is 1. The zero-order valence-corrected chi connectivity index (χ0v) is 12.5. The Balaban J connectivity index is 0. The maximum absolute atomic E-state index is 5.82. The van der Waals surface area contributed by atoms with E-state index in [0.717, 1.165) is 0 Å². The van der Waals surface area contributed by atoms with E-state index in [4.69, 9.17) is 5.73 Å². The van der Waals surface area contributed by atoms with E-state index < -0.39 is 0 Å². The molecule has 0 saturated carbocycles. The first-order valence-corrected chi connectivity index (χ1v) is 6.61. The first-order chi connectivity index (χ1) is 8.13. The van der Waals surface area contributed by atoms with Gasteiger partial charge >= 0.3 is 0 Å². The van der Waals surface area contributed by atoms with Crippen molar-refractivity contribution in [1.29, 1.82) is 0 Å². The van der Waals surface area contributed by atoms with E-state index >= 15 is 0 Å². The Bertz CT molecular complexity index is 297. The zero-order chi connectivity index (χ0) is 13.8. The van der Waals surface area contributed by atoms with Crippen LogP contribution >= 0.6 is 0 Å². The number of hydrogen-bond donors (Lipinski definition) is 1. The molecule has 1 nitrogen and oxygen atoms in total. The fourth-order valence-corrected chi connectivity index (χ4v) is 1.26. The highest BCUT2D eigenvalue weighted by Gasteiger charge is 2.03. The van der Waals surface area contributed by atoms with Gasteiger partial charge in [0.25, 0.3) is 0 Å². The first-order valence-electron chi connectivity index (χ1n) is 6.61. The Labute approximate surface area is 108 Å². The fraction of sp³-hybridized carbons (Fsp3) is 0.500. The van der Waals surface area contributed by atoms with E-state index in [1.165, 1.54) is 16.7 Å². The molecule has 0 bridgehead atoms. The SMILES string of the molecule is C/C(=C(/C)C(C)N)c1ccccc1.CC.CC. The molecule has 0 radical (unpaired) electrons. The lowest BCUT2D eigenvalue weighted by atomic mass is 9.99. The summed E-state index contributed by atoms with van der Waals surface area (Å²) < 4.78 is 0. The summed E-state index contributed by atoms with van der Waals surface area (Å²) >= 11 is 0. The molecular formula is C16H29N. The third kappa shape index (κ3) is 6.96. The maximum atomic E-state index is 5.82. The second-order valence-electron chi connectivity index (χ2n) is 3.46. The molecule has 0 spiro atoms. The van der Waals surface area contributed by atoms with Gasteiger partial charge in [0, 0.05) is 6.04 Å². The molecule has 1 unspecified atom stereocenters. The molecular weight excluding hydrogens is 206 g/mol. The monoisotopic (exact) mass is 235 g/mol. The Kier molecular flexibility index (Phi) is 12.3. The van der Waals surface area contributed by atoms with Crippen LogP contribution in [0, 0.1) is 0 Å². The summed E-state index contributed by atoms with van der Waals surface area (Å²) in [5, 5.41) is 0. The van der Waals surface area contributed by atoms with Gasteiger partial charge in [0.2, 0.25) is 0 Å². The van der Waals surface area contributed by atoms with E-state index in [0.29, 0.717) is 0 Å². The molecule has 98 valence electrons. The Morgan fingerprint density at radius 2 is 1.35 bits per heavy atom. The van der Waals surface area contributed by atoms with Crippen LogP contribution < -0.4 is 5.73 Å². The molecule has 17 heavy (non-hydrogen) atoms. The molecule has 0 amide bonds. The smallest absolute Gasteiger partial charge is 0.0227 e. The molecule has 2 N–H and O–H groups in total. The molecule has 0 heterocycles. The van der Waals surface area contributed by atoms with Crippen molar-refractivity contribution < 1.29 is 0 Å². The summed E-state index contributed by atoms with van der Waals surface area (Å²) in [5.41, 5.74) is 9.62. The zero-order valence-electron chi connectivity index (χ0n) is 12.5. The summed E-state index contributed by atoms with van der Waals surface area (Å²) in [6, 6.07) is 10.5. The van der Waals surface area contributed by atoms with Crippen molar-refractivity contribution in [1.82, 2.24) is 0 Å². The molecule has 0 aliphatic rings. The molecule has 1 heteroatoms. The van der Waals surface area contributed by atoms with Crippen molar-refractivity contribution in [2.24, 2.45) is 5.73 Å². The van der Waals surface area contributed by atoms with Crippen LogP contribution in [0.3, 0.4) is 0 Å². The van der Waals surface area contributed by atoms with Crippen molar-refractivity contribution in [2.75, 3.05) is 0 Å². The highest BCUT2D eigenvalue weighted by atomic mass is 14.6. The Morgan fingerprint density at radius 3 is 1.71 bits per heavy atom. The van der Waals surface area contributed by atoms with Crippen LogP contribution in [0.4, 0.5) is 0 Å². The van der Waals surface area contributed by atoms with Crippen LogP contribution in [-0.4, -0.2) is 6.04 Å². The quantitative estimate of drug-likeness (QED) is 0.776. The topological polar surface area (TPSA) is 26.0 Å². The second kappa shape index (κ2) is 11.4. The first kappa shape index (κ1) is 18.3. The van der Waals surface area contributed by atoms with Gasteiger partial charge in [-0.25, -0.2) is 0 Å². The van der Waals surface area contributed by atoms with Gasteiger partial charge < -0.3 is 5.73 Å². The molecule has 1 rings (SSSR count). The van der Waals surface area contributed by atoms with Crippen LogP contribution in [0.5, 0.6) is 0 Å². The summed E-state index contributed by atoms with van der Waals surface area (Å²) in [5.74, 6) is 0. The number of nitrogens with two attached hydrogens (primary N) is 1. The summed E-state index contributed by atoms with van der Waals surface area (Å²) in [6.07, 6.45) is 0. The highest BCUT2D eigenvalue weighted by molar-refractivity contribution is 5.67. The van der Waals surface area contributed by atoms with Gasteiger partial charge in [-0.1, -0.05) is 63.6 Å². The van der Waals surface area contributed by atoms with Gasteiger partial charge in [-0.15, -0.1) is 0 Å². The second-order valence-corrected chi connectivity index (χ2v) is 3.46. The van der Waals surface area contributed by atoms with Gasteiger partial charge in [-0.2, -0.15) is 0 Å². The Hall–Kier alpha value is -1.08. The van der Waals surface area contributed by atoms with E-state index in [1.54, 1.807) is 0 Å². The molecule has 0 aliphatic heterocycles. The molecule has 0 saturated heterocycles. The molecule has 0 aliphatic carbocycles. The molecule has 0 fully saturated rings. The highest BCUT2D eigenvalue weighted by Crippen LogP contribution is 2.18. The summed E-state index contributed by atoms with van der Waals surface area (Å²) in [6.45, 7) is 14.2. The van der Waals surface area contributed by atoms with Gasteiger partial charge in [0.1, 0.15) is 0 Å². The standard InChI is InChI=1S/C12H17N.2C2H6/c1-9(11(3)13)10(2)12-7-5-4-6-8-12;2*1-2/h4-8,11H,13H2,1-3H3;2*1-2H3/b10-9+;;. The van der Waals surface area contributed by atoms with E-state index in [2.05, 4.69) is 26.0 Å². The predicted molar refractivity (Wildman–Crippen MR) is 81.1 cm³/mol. The number of allylic oxidation sites excluding steroid dienone is 1. The van der Waals surface area contributed by atoms with Crippen LogP contribution in [0.25, 0.3) is 5.57 Å². The Morgan fingerprint density at radius 1 is 0.941 bits per heavy atom. The predicted octanol–water partition coefficient (Wildman–Crippen LogP) is 4.88. The van der Waals surface area contributed by atoms with Gasteiger partial charge in [-0.3, -0.25) is 0 Å². The van der Waals surface area contributed by atoms with Crippen molar-refractivity contribution in [3.63, 3.8) is 0 Å². The lowest BCUT2D eigenvalue weighted by molar-refractivity contribution is 0.862. The minimum absolute atomic E-state index is 0.139. The van der Waals surface area contributed by atoms with Crippen LogP contribution in [0.15, 0.2) is 35.9 Å². The third-order valence-corrected chi connectivity index (χ3v) is 2.48. The van der Waals surface area contributed by atoms with Crippen LogP contribution in [0.1, 0.15) is 54.0 Å². The summed E-state index contributed by atoms with van der Waals surface area (Å²) in [4.78, 5) is 0. The van der Waals surface area contributed by atoms with Crippen molar-refractivity contribution in [3.8, 4) is 0 Å². The molecule has 1 aromatic carbocycles. The lowest BCUT2D eigenvalue weighted by Crippen LogP contribution is -2.16. The molecule has 0 aromatic heterocycles. The van der Waals surface area contributed by atoms with Crippen molar-refractivity contribution in [3.05, 3.63) is 41.5 Å². The minimum Gasteiger partial charge on any atom is -0.324 e. The van der Waals surface area contributed by atoms with Crippen LogP contribution in [-0.2, 0) is 0 Å². The molecule has 1 aromatic rings. The van der Waals surface area contributed by atoms with Gasteiger partial charge in [0.15, 0.2) is 0 Å². The average molecular weight is 235 g/mol. The van der Waals surface area contributed by atoms with Crippen molar-refractivity contribution in [2.45, 2.75) is 54.5 Å². The molecule has 1 atom stereocenters. The minimum atomic E-state index is 0.139. The normalized spacial score (nSPS) is 12.2. The lowest BCUT2D eigenvalue weighted by Gasteiger charge is -2.11. The van der Waals surface area contributed by atoms with Crippen molar-refractivity contribution >= 4 is 5.57 Å². The largest absolute Gasteiger partial charge is 0.324 e. The maximum Gasteiger partial charge on any atom is 0.0227 e. The third-order valence-electron chi connectivity index (χ3n) is 2.48.